The van der Waals surface area contributed by atoms with Crippen LogP contribution in [0, 0.1) is 0 Å². The van der Waals surface area contributed by atoms with Crippen LogP contribution in [-0.2, 0) is 12.2 Å². The molecule has 31 heavy (non-hydrogen) atoms. The van der Waals surface area contributed by atoms with Gasteiger partial charge in [0.1, 0.15) is 10.7 Å². The number of thiophene rings is 2. The molecule has 0 bridgehead atoms. The molecular formula is C21H17N5OS4. The topological polar surface area (TPSA) is 83.6 Å². The fourth-order valence-corrected chi connectivity index (χ4v) is 6.43. The zero-order valence-corrected chi connectivity index (χ0v) is 19.5. The maximum atomic E-state index is 12.8. The van der Waals surface area contributed by atoms with Gasteiger partial charge in [-0.15, -0.1) is 32.9 Å². The van der Waals surface area contributed by atoms with Crippen LogP contribution in [0.1, 0.15) is 10.7 Å². The number of anilines is 1. The number of aromatic amines is 1. The molecule has 0 amide bonds. The average molecular weight is 484 g/mol. The molecule has 0 spiro atoms. The van der Waals surface area contributed by atoms with Crippen molar-refractivity contribution in [2.45, 2.75) is 16.5 Å². The summed E-state index contributed by atoms with van der Waals surface area (Å²) in [6, 6.07) is 14.1. The van der Waals surface area contributed by atoms with Crippen molar-refractivity contribution in [2.75, 3.05) is 11.9 Å². The first-order chi connectivity index (χ1) is 15.3. The minimum absolute atomic E-state index is 0.103. The summed E-state index contributed by atoms with van der Waals surface area (Å²) in [5.41, 5.74) is 1.85. The number of nitrogens with zero attached hydrogens (tertiary/aromatic N) is 3. The van der Waals surface area contributed by atoms with Crippen molar-refractivity contribution in [1.29, 1.82) is 0 Å². The Hall–Kier alpha value is -2.53. The number of aromatic nitrogens is 4. The molecule has 0 aliphatic carbocycles. The monoisotopic (exact) mass is 483 g/mol. The van der Waals surface area contributed by atoms with Gasteiger partial charge >= 0.3 is 0 Å². The summed E-state index contributed by atoms with van der Waals surface area (Å²) >= 11 is 6.29. The van der Waals surface area contributed by atoms with E-state index in [4.69, 9.17) is 0 Å². The molecule has 0 saturated heterocycles. The van der Waals surface area contributed by atoms with Crippen LogP contribution in [0.4, 0.5) is 5.13 Å². The Morgan fingerprint density at radius 1 is 1.06 bits per heavy atom. The van der Waals surface area contributed by atoms with E-state index in [1.807, 2.05) is 35.7 Å². The predicted octanol–water partition coefficient (Wildman–Crippen LogP) is 5.51. The molecule has 0 aliphatic heterocycles. The van der Waals surface area contributed by atoms with E-state index in [0.29, 0.717) is 17.0 Å². The van der Waals surface area contributed by atoms with E-state index in [9.17, 15) is 4.79 Å². The molecule has 0 saturated carbocycles. The Morgan fingerprint density at radius 3 is 2.81 bits per heavy atom. The van der Waals surface area contributed by atoms with Gasteiger partial charge in [-0.1, -0.05) is 59.5 Å². The van der Waals surface area contributed by atoms with Crippen LogP contribution in [0.25, 0.3) is 21.3 Å². The van der Waals surface area contributed by atoms with E-state index >= 15 is 0 Å². The summed E-state index contributed by atoms with van der Waals surface area (Å²) in [7, 11) is 0. The molecular weight excluding hydrogens is 467 g/mol. The molecule has 0 aliphatic rings. The first-order valence-corrected chi connectivity index (χ1v) is 13.1. The van der Waals surface area contributed by atoms with Gasteiger partial charge in [0, 0.05) is 22.4 Å². The van der Waals surface area contributed by atoms with Crippen molar-refractivity contribution in [3.8, 4) is 11.1 Å². The number of nitrogens with one attached hydrogen (secondary N) is 2. The first-order valence-electron chi connectivity index (χ1n) is 9.54. The third-order valence-corrected chi connectivity index (χ3v) is 8.38. The van der Waals surface area contributed by atoms with Crippen molar-refractivity contribution >= 4 is 61.1 Å². The fourth-order valence-electron chi connectivity index (χ4n) is 3.11. The lowest BCUT2D eigenvalue weighted by Crippen LogP contribution is -2.10. The first kappa shape index (κ1) is 20.4. The molecule has 2 N–H and O–H groups in total. The number of hydrogen-bond donors (Lipinski definition) is 2. The molecule has 0 radical (unpaired) electrons. The molecule has 6 nitrogen and oxygen atoms in total. The molecule has 156 valence electrons. The van der Waals surface area contributed by atoms with E-state index in [1.165, 1.54) is 39.3 Å². The molecule has 1 aromatic carbocycles. The summed E-state index contributed by atoms with van der Waals surface area (Å²) in [4.78, 5) is 22.5. The zero-order valence-electron chi connectivity index (χ0n) is 16.2. The van der Waals surface area contributed by atoms with Gasteiger partial charge in [0.05, 0.1) is 11.1 Å². The number of hydrogen-bond acceptors (Lipinski definition) is 9. The Balaban J connectivity index is 1.24. The predicted molar refractivity (Wildman–Crippen MR) is 132 cm³/mol. The second-order valence-corrected chi connectivity index (χ2v) is 10.7. The minimum atomic E-state index is -0.103. The third kappa shape index (κ3) is 4.72. The van der Waals surface area contributed by atoms with E-state index in [0.717, 1.165) is 38.4 Å². The van der Waals surface area contributed by atoms with Crippen LogP contribution < -0.4 is 10.9 Å². The highest BCUT2D eigenvalue weighted by molar-refractivity contribution is 8.00. The average Bonchev–Trinajstić information content (AvgIpc) is 3.54. The van der Waals surface area contributed by atoms with E-state index in [1.54, 1.807) is 11.3 Å². The fraction of sp³-hybridized carbons (Fsp3) is 0.143. The maximum Gasteiger partial charge on any atom is 0.260 e. The van der Waals surface area contributed by atoms with Crippen LogP contribution >= 0.6 is 45.8 Å². The second-order valence-electron chi connectivity index (χ2n) is 6.63. The van der Waals surface area contributed by atoms with Gasteiger partial charge in [0.15, 0.2) is 4.34 Å². The standard InChI is InChI=1S/C21H17N5OS4/c27-18-17-15(13-5-2-1-3-6-13)11-29-19(17)24-16(23-18)12-30-21-26-25-20(31-21)22-9-8-14-7-4-10-28-14/h1-7,10-11H,8-9,12H2,(H,22,25)(H,23,24,27). The number of fused-ring (bicyclic) bond motifs is 1. The van der Waals surface area contributed by atoms with Crippen LogP contribution in [0.15, 0.2) is 62.4 Å². The van der Waals surface area contributed by atoms with Crippen LogP contribution in [0.5, 0.6) is 0 Å². The zero-order chi connectivity index (χ0) is 21.0. The Bertz CT molecular complexity index is 1340. The quantitative estimate of drug-likeness (QED) is 0.283. The number of benzene rings is 1. The van der Waals surface area contributed by atoms with Gasteiger partial charge in [-0.3, -0.25) is 4.79 Å². The molecule has 0 atom stereocenters. The summed E-state index contributed by atoms with van der Waals surface area (Å²) < 4.78 is 0.845. The van der Waals surface area contributed by atoms with Crippen LogP contribution in [0.2, 0.25) is 0 Å². The SMILES string of the molecule is O=c1[nH]c(CSc2nnc(NCCc3cccs3)s2)nc2scc(-c3ccccc3)c12. The highest BCUT2D eigenvalue weighted by Gasteiger charge is 2.13. The van der Waals surface area contributed by atoms with Crippen molar-refractivity contribution in [2.24, 2.45) is 0 Å². The molecule has 4 heterocycles. The number of thioether (sulfide) groups is 1. The molecule has 10 heteroatoms. The lowest BCUT2D eigenvalue weighted by molar-refractivity contribution is 0.977. The van der Waals surface area contributed by atoms with Crippen molar-refractivity contribution in [3.05, 3.63) is 74.3 Å². The smallest absolute Gasteiger partial charge is 0.260 e. The van der Waals surface area contributed by atoms with E-state index in [2.05, 4.69) is 43.0 Å². The molecule has 0 unspecified atom stereocenters. The molecule has 0 fully saturated rings. The van der Waals surface area contributed by atoms with Gasteiger partial charge in [-0.25, -0.2) is 4.98 Å². The molecule has 5 aromatic rings. The number of H-pyrrole nitrogens is 1. The molecule has 4 aromatic heterocycles. The van der Waals surface area contributed by atoms with Gasteiger partial charge in [0.25, 0.3) is 5.56 Å². The van der Waals surface area contributed by atoms with Crippen LogP contribution in [0.3, 0.4) is 0 Å². The van der Waals surface area contributed by atoms with Gasteiger partial charge in [-0.2, -0.15) is 0 Å². The summed E-state index contributed by atoms with van der Waals surface area (Å²) in [6.45, 7) is 0.827. The van der Waals surface area contributed by atoms with Crippen LogP contribution in [-0.4, -0.2) is 26.7 Å². The van der Waals surface area contributed by atoms with Crippen molar-refractivity contribution < 1.29 is 0 Å². The van der Waals surface area contributed by atoms with Gasteiger partial charge in [0.2, 0.25) is 5.13 Å². The summed E-state index contributed by atoms with van der Waals surface area (Å²) in [6.07, 6.45) is 0.969. The van der Waals surface area contributed by atoms with Gasteiger partial charge in [-0.05, 0) is 23.4 Å². The minimum Gasteiger partial charge on any atom is -0.360 e. The summed E-state index contributed by atoms with van der Waals surface area (Å²) in [5, 5.41) is 17.3. The van der Waals surface area contributed by atoms with Crippen molar-refractivity contribution in [1.82, 2.24) is 20.2 Å². The van der Waals surface area contributed by atoms with E-state index < -0.39 is 0 Å². The largest absolute Gasteiger partial charge is 0.360 e. The van der Waals surface area contributed by atoms with Crippen molar-refractivity contribution in [3.63, 3.8) is 0 Å². The second kappa shape index (κ2) is 9.31. The summed E-state index contributed by atoms with van der Waals surface area (Å²) in [5.74, 6) is 1.18. The Kier molecular flexibility index (Phi) is 6.12. The van der Waals surface area contributed by atoms with E-state index in [-0.39, 0.29) is 5.56 Å². The Morgan fingerprint density at radius 2 is 1.97 bits per heavy atom. The highest BCUT2D eigenvalue weighted by Crippen LogP contribution is 2.32. The highest BCUT2D eigenvalue weighted by atomic mass is 32.2. The van der Waals surface area contributed by atoms with Gasteiger partial charge < -0.3 is 10.3 Å². The lowest BCUT2D eigenvalue weighted by Gasteiger charge is -2.01. The third-order valence-electron chi connectivity index (χ3n) is 4.54. The number of rotatable bonds is 8. The normalized spacial score (nSPS) is 11.2. The lowest BCUT2D eigenvalue weighted by atomic mass is 10.1. The molecule has 5 rings (SSSR count). The maximum absolute atomic E-state index is 12.8. The Labute approximate surface area is 194 Å².